The molecule has 0 bridgehead atoms. The number of hydrogen-bond acceptors (Lipinski definition) is 4. The smallest absolute Gasteiger partial charge is 0.220 e. The quantitative estimate of drug-likeness (QED) is 0.836. The summed E-state index contributed by atoms with van der Waals surface area (Å²) in [6.45, 7) is 5.46. The van der Waals surface area contributed by atoms with E-state index in [1.807, 2.05) is 13.8 Å². The molecule has 0 aromatic heterocycles. The molecule has 3 rings (SSSR count). The van der Waals surface area contributed by atoms with E-state index < -0.39 is 17.2 Å². The van der Waals surface area contributed by atoms with Crippen LogP contribution in [0.15, 0.2) is 36.4 Å². The summed E-state index contributed by atoms with van der Waals surface area (Å²) < 4.78 is 0. The fourth-order valence-corrected chi connectivity index (χ4v) is 3.23. The summed E-state index contributed by atoms with van der Waals surface area (Å²) in [6, 6.07) is 9.80. The van der Waals surface area contributed by atoms with Crippen molar-refractivity contribution >= 4 is 11.6 Å². The van der Waals surface area contributed by atoms with Crippen LogP contribution < -0.4 is 0 Å². The number of aliphatic hydroxyl groups is 1. The van der Waals surface area contributed by atoms with Crippen molar-refractivity contribution in [3.05, 3.63) is 64.2 Å². The van der Waals surface area contributed by atoms with E-state index in [9.17, 15) is 19.8 Å². The summed E-state index contributed by atoms with van der Waals surface area (Å²) in [5.74, 6) is -1.56. The lowest BCUT2D eigenvalue weighted by molar-refractivity contribution is 0.0309. The van der Waals surface area contributed by atoms with Gasteiger partial charge in [0.15, 0.2) is 0 Å². The molecule has 0 aliphatic heterocycles. The standard InChI is InChI=1S/C19H18O4/c1-10(2)12-9-8-11(3)15(16(12)20)19(23)17(21)13-6-4-5-7-14(13)18(19)22/h4-10,20,23H,1-3H3. The number of benzene rings is 2. The van der Waals surface area contributed by atoms with Crippen LogP contribution in [0.5, 0.6) is 5.75 Å². The Kier molecular flexibility index (Phi) is 3.38. The second-order valence-electron chi connectivity index (χ2n) is 6.26. The maximum Gasteiger partial charge on any atom is 0.220 e. The van der Waals surface area contributed by atoms with Gasteiger partial charge in [-0.2, -0.15) is 0 Å². The number of fused-ring (bicyclic) bond motifs is 1. The largest absolute Gasteiger partial charge is 0.507 e. The molecule has 0 saturated heterocycles. The van der Waals surface area contributed by atoms with Gasteiger partial charge in [-0.25, -0.2) is 0 Å². The average Bonchev–Trinajstić information content (AvgIpc) is 2.70. The highest BCUT2D eigenvalue weighted by molar-refractivity contribution is 6.32. The van der Waals surface area contributed by atoms with Gasteiger partial charge in [0.25, 0.3) is 0 Å². The van der Waals surface area contributed by atoms with Crippen LogP contribution in [0.4, 0.5) is 0 Å². The Morgan fingerprint density at radius 1 is 0.957 bits per heavy atom. The summed E-state index contributed by atoms with van der Waals surface area (Å²) in [7, 11) is 0. The van der Waals surface area contributed by atoms with Crippen molar-refractivity contribution in [3.8, 4) is 5.75 Å². The first-order valence-electron chi connectivity index (χ1n) is 7.54. The molecule has 1 aliphatic rings. The van der Waals surface area contributed by atoms with Crippen molar-refractivity contribution in [1.29, 1.82) is 0 Å². The molecule has 0 saturated carbocycles. The monoisotopic (exact) mass is 310 g/mol. The fourth-order valence-electron chi connectivity index (χ4n) is 3.23. The number of Topliss-reactive ketones (excluding diaryl/α,β-unsaturated/α-hetero) is 2. The minimum Gasteiger partial charge on any atom is -0.507 e. The minimum absolute atomic E-state index is 0.00472. The molecule has 2 N–H and O–H groups in total. The summed E-state index contributed by atoms with van der Waals surface area (Å²) in [5.41, 5.74) is -0.889. The highest BCUT2D eigenvalue weighted by atomic mass is 16.3. The highest BCUT2D eigenvalue weighted by Gasteiger charge is 2.55. The Morgan fingerprint density at radius 3 is 1.96 bits per heavy atom. The Morgan fingerprint density at radius 2 is 1.48 bits per heavy atom. The minimum atomic E-state index is -2.36. The van der Waals surface area contributed by atoms with Gasteiger partial charge in [0.2, 0.25) is 17.2 Å². The Labute approximate surface area is 134 Å². The van der Waals surface area contributed by atoms with Gasteiger partial charge in [-0.3, -0.25) is 9.59 Å². The van der Waals surface area contributed by atoms with E-state index >= 15 is 0 Å². The SMILES string of the molecule is Cc1ccc(C(C)C)c(O)c1C1(O)C(=O)c2ccccc2C1=O. The maximum atomic E-state index is 12.7. The second kappa shape index (κ2) is 5.03. The predicted molar refractivity (Wildman–Crippen MR) is 85.9 cm³/mol. The van der Waals surface area contributed by atoms with Gasteiger partial charge < -0.3 is 10.2 Å². The van der Waals surface area contributed by atoms with Crippen molar-refractivity contribution in [2.45, 2.75) is 32.3 Å². The summed E-state index contributed by atoms with van der Waals surface area (Å²) in [6.07, 6.45) is 0. The van der Waals surface area contributed by atoms with Gasteiger partial charge in [-0.1, -0.05) is 50.2 Å². The molecule has 0 radical (unpaired) electrons. The van der Waals surface area contributed by atoms with Crippen LogP contribution in [0.1, 0.15) is 57.2 Å². The predicted octanol–water partition coefficient (Wildman–Crippen LogP) is 3.09. The number of ketones is 2. The first kappa shape index (κ1) is 15.4. The molecule has 0 spiro atoms. The Bertz CT molecular complexity index is 798. The van der Waals surface area contributed by atoms with Gasteiger partial charge in [0, 0.05) is 16.7 Å². The highest BCUT2D eigenvalue weighted by Crippen LogP contribution is 2.44. The molecule has 0 unspecified atom stereocenters. The van der Waals surface area contributed by atoms with E-state index in [0.29, 0.717) is 11.1 Å². The lowest BCUT2D eigenvalue weighted by Gasteiger charge is -2.25. The molecule has 4 heteroatoms. The molecule has 2 aromatic rings. The molecule has 0 amide bonds. The average molecular weight is 310 g/mol. The molecule has 118 valence electrons. The number of carbonyl (C=O) groups excluding carboxylic acids is 2. The van der Waals surface area contributed by atoms with Crippen molar-refractivity contribution < 1.29 is 19.8 Å². The van der Waals surface area contributed by atoms with Crippen LogP contribution in [-0.4, -0.2) is 21.8 Å². The summed E-state index contributed by atoms with van der Waals surface area (Å²) in [4.78, 5) is 25.5. The lowest BCUT2D eigenvalue weighted by atomic mass is 9.82. The summed E-state index contributed by atoms with van der Waals surface area (Å²) in [5, 5.41) is 21.6. The number of phenolic OH excluding ortho intramolecular Hbond substituents is 1. The van der Waals surface area contributed by atoms with E-state index in [0.717, 1.165) is 0 Å². The van der Waals surface area contributed by atoms with Crippen LogP contribution in [0, 0.1) is 6.92 Å². The molecule has 0 fully saturated rings. The van der Waals surface area contributed by atoms with Crippen LogP contribution in [0.3, 0.4) is 0 Å². The van der Waals surface area contributed by atoms with E-state index in [1.165, 1.54) is 12.1 Å². The lowest BCUT2D eigenvalue weighted by Crippen LogP contribution is -2.39. The van der Waals surface area contributed by atoms with Crippen molar-refractivity contribution in [3.63, 3.8) is 0 Å². The van der Waals surface area contributed by atoms with Crippen LogP contribution >= 0.6 is 0 Å². The Balaban J connectivity index is 2.30. The van der Waals surface area contributed by atoms with Crippen LogP contribution in [-0.2, 0) is 5.60 Å². The third-order valence-electron chi connectivity index (χ3n) is 4.47. The second-order valence-corrected chi connectivity index (χ2v) is 6.26. The van der Waals surface area contributed by atoms with Crippen molar-refractivity contribution in [2.24, 2.45) is 0 Å². The summed E-state index contributed by atoms with van der Waals surface area (Å²) >= 11 is 0. The molecule has 0 atom stereocenters. The van der Waals surface area contributed by atoms with E-state index in [1.54, 1.807) is 31.2 Å². The fraction of sp³-hybridized carbons (Fsp3) is 0.263. The van der Waals surface area contributed by atoms with Crippen molar-refractivity contribution in [1.82, 2.24) is 0 Å². The molecule has 23 heavy (non-hydrogen) atoms. The number of phenols is 1. The Hall–Kier alpha value is -2.46. The van der Waals surface area contributed by atoms with E-state index in [-0.39, 0.29) is 28.4 Å². The molecular formula is C19H18O4. The third kappa shape index (κ3) is 1.95. The topological polar surface area (TPSA) is 74.6 Å². The zero-order valence-corrected chi connectivity index (χ0v) is 13.3. The zero-order valence-electron chi connectivity index (χ0n) is 13.3. The maximum absolute atomic E-state index is 12.7. The van der Waals surface area contributed by atoms with Gasteiger partial charge in [0.05, 0.1) is 0 Å². The third-order valence-corrected chi connectivity index (χ3v) is 4.47. The van der Waals surface area contributed by atoms with Gasteiger partial charge in [0.1, 0.15) is 5.75 Å². The number of carbonyl (C=O) groups is 2. The van der Waals surface area contributed by atoms with Gasteiger partial charge >= 0.3 is 0 Å². The number of aryl methyl sites for hydroxylation is 1. The first-order valence-corrected chi connectivity index (χ1v) is 7.54. The van der Waals surface area contributed by atoms with Crippen molar-refractivity contribution in [2.75, 3.05) is 0 Å². The number of rotatable bonds is 2. The first-order chi connectivity index (χ1) is 10.8. The normalized spacial score (nSPS) is 16.0. The molecular weight excluding hydrogens is 292 g/mol. The molecule has 0 heterocycles. The van der Waals surface area contributed by atoms with Crippen LogP contribution in [0.2, 0.25) is 0 Å². The van der Waals surface area contributed by atoms with Gasteiger partial charge in [-0.15, -0.1) is 0 Å². The van der Waals surface area contributed by atoms with Crippen LogP contribution in [0.25, 0.3) is 0 Å². The van der Waals surface area contributed by atoms with Gasteiger partial charge in [-0.05, 0) is 24.0 Å². The molecule has 4 nitrogen and oxygen atoms in total. The number of aromatic hydroxyl groups is 1. The number of hydrogen-bond donors (Lipinski definition) is 2. The molecule has 2 aromatic carbocycles. The van der Waals surface area contributed by atoms with E-state index in [2.05, 4.69) is 0 Å². The molecule has 1 aliphatic carbocycles. The zero-order chi connectivity index (χ0) is 16.9. The van der Waals surface area contributed by atoms with E-state index in [4.69, 9.17) is 0 Å².